The first kappa shape index (κ1) is 25.1. The number of hydrogen-bond acceptors (Lipinski definition) is 8. The van der Waals surface area contributed by atoms with Crippen molar-refractivity contribution in [3.8, 4) is 5.82 Å². The zero-order valence-electron chi connectivity index (χ0n) is 21.8. The maximum absolute atomic E-state index is 13.0. The summed E-state index contributed by atoms with van der Waals surface area (Å²) in [5.74, 6) is 1.12. The van der Waals surface area contributed by atoms with Crippen LogP contribution in [0.4, 0.5) is 11.6 Å². The third-order valence-electron chi connectivity index (χ3n) is 6.78. The molecule has 0 bridgehead atoms. The number of benzene rings is 1. The molecule has 37 heavy (non-hydrogen) atoms. The van der Waals surface area contributed by atoms with Crippen molar-refractivity contribution in [3.63, 3.8) is 0 Å². The highest BCUT2D eigenvalue weighted by atomic mass is 16.3. The Labute approximate surface area is 215 Å². The van der Waals surface area contributed by atoms with Crippen LogP contribution in [0.1, 0.15) is 42.4 Å². The highest BCUT2D eigenvalue weighted by Gasteiger charge is 2.30. The van der Waals surface area contributed by atoms with Gasteiger partial charge in [-0.3, -0.25) is 9.69 Å². The molecule has 1 saturated heterocycles. The number of carbonyl (C=O) groups is 1. The fourth-order valence-corrected chi connectivity index (χ4v) is 4.71. The van der Waals surface area contributed by atoms with E-state index < -0.39 is 17.6 Å². The van der Waals surface area contributed by atoms with E-state index in [-0.39, 0.29) is 5.78 Å². The summed E-state index contributed by atoms with van der Waals surface area (Å²) in [4.78, 5) is 24.1. The lowest BCUT2D eigenvalue weighted by atomic mass is 9.86. The van der Waals surface area contributed by atoms with E-state index in [1.807, 2.05) is 74.8 Å². The molecule has 1 aliphatic heterocycles. The van der Waals surface area contributed by atoms with Crippen LogP contribution in [0.25, 0.3) is 16.7 Å². The Morgan fingerprint density at radius 3 is 2.57 bits per heavy atom. The number of β-amino-alcohol motifs (C(OH)–C–C–N with tert-alkyl or cyclic N) is 2. The van der Waals surface area contributed by atoms with Crippen molar-refractivity contribution in [3.05, 3.63) is 59.7 Å². The lowest BCUT2D eigenvalue weighted by Gasteiger charge is -2.16. The summed E-state index contributed by atoms with van der Waals surface area (Å²) in [6.07, 6.45) is 4.04. The van der Waals surface area contributed by atoms with Crippen molar-refractivity contribution in [2.75, 3.05) is 18.4 Å². The topological polar surface area (TPSA) is 121 Å². The van der Waals surface area contributed by atoms with Crippen molar-refractivity contribution in [1.29, 1.82) is 0 Å². The molecule has 0 aliphatic carbocycles. The van der Waals surface area contributed by atoms with Gasteiger partial charge >= 0.3 is 0 Å². The van der Waals surface area contributed by atoms with E-state index in [0.717, 1.165) is 27.8 Å². The fraction of sp³-hybridized carbons (Fsp3) is 0.407. The number of rotatable bonds is 6. The van der Waals surface area contributed by atoms with Crippen molar-refractivity contribution in [1.82, 2.24) is 29.2 Å². The number of aryl methyl sites for hydroxylation is 2. The molecule has 4 aromatic rings. The number of anilines is 2. The summed E-state index contributed by atoms with van der Waals surface area (Å²) in [5.41, 5.74) is 3.83. The minimum absolute atomic E-state index is 0.0938. The van der Waals surface area contributed by atoms with Gasteiger partial charge in [0.15, 0.2) is 11.6 Å². The molecular formula is C27H33N7O3. The second-order valence-electron chi connectivity index (χ2n) is 10.8. The van der Waals surface area contributed by atoms with Gasteiger partial charge in [0, 0.05) is 84.5 Å². The first-order chi connectivity index (χ1) is 17.5. The van der Waals surface area contributed by atoms with Gasteiger partial charge < -0.3 is 20.1 Å². The molecule has 3 N–H and O–H groups in total. The van der Waals surface area contributed by atoms with Crippen LogP contribution >= 0.6 is 0 Å². The molecule has 194 valence electrons. The first-order valence-electron chi connectivity index (χ1n) is 12.4. The Morgan fingerprint density at radius 1 is 1.14 bits per heavy atom. The number of carbonyl (C=O) groups excluding carboxylic acids is 1. The molecule has 10 nitrogen and oxygen atoms in total. The minimum Gasteiger partial charge on any atom is -0.389 e. The van der Waals surface area contributed by atoms with Crippen LogP contribution in [0.2, 0.25) is 0 Å². The van der Waals surface area contributed by atoms with E-state index in [1.165, 1.54) is 0 Å². The van der Waals surface area contributed by atoms with Crippen LogP contribution in [-0.2, 0) is 13.6 Å². The van der Waals surface area contributed by atoms with Crippen molar-refractivity contribution < 1.29 is 15.0 Å². The number of aliphatic hydroxyl groups is 2. The van der Waals surface area contributed by atoms with Gasteiger partial charge in [0.1, 0.15) is 0 Å². The smallest absolute Gasteiger partial charge is 0.229 e. The Balaban J connectivity index is 1.38. The summed E-state index contributed by atoms with van der Waals surface area (Å²) in [6, 6.07) is 7.67. The van der Waals surface area contributed by atoms with E-state index in [0.29, 0.717) is 37.0 Å². The predicted molar refractivity (Wildman–Crippen MR) is 141 cm³/mol. The lowest BCUT2D eigenvalue weighted by molar-refractivity contribution is 0.0572. The minimum atomic E-state index is -0.719. The molecule has 10 heteroatoms. The lowest BCUT2D eigenvalue weighted by Crippen LogP contribution is -2.22. The van der Waals surface area contributed by atoms with Crippen LogP contribution < -0.4 is 5.32 Å². The third-order valence-corrected chi connectivity index (χ3v) is 6.78. The zero-order valence-corrected chi connectivity index (χ0v) is 21.8. The SMILES string of the molecule is Cc1nn(-c2ccnc(Nc3ccc4c(c3)c(C(=O)C(C)(C)C)cn4C)n2)cc1CN1CC(O)C(O)C1. The highest BCUT2D eigenvalue weighted by Crippen LogP contribution is 2.30. The molecule has 1 aromatic carbocycles. The van der Waals surface area contributed by atoms with Gasteiger partial charge in [-0.1, -0.05) is 20.8 Å². The average Bonchev–Trinajstić information content (AvgIpc) is 3.47. The Morgan fingerprint density at radius 2 is 1.86 bits per heavy atom. The van der Waals surface area contributed by atoms with Gasteiger partial charge in [0.05, 0.1) is 17.9 Å². The number of hydrogen-bond donors (Lipinski definition) is 3. The zero-order chi connectivity index (χ0) is 26.5. The van der Waals surface area contributed by atoms with Gasteiger partial charge in [-0.15, -0.1) is 0 Å². The number of nitrogens with one attached hydrogen (secondary N) is 1. The summed E-state index contributed by atoms with van der Waals surface area (Å²) in [5, 5.41) is 28.4. The van der Waals surface area contributed by atoms with Gasteiger partial charge in [-0.05, 0) is 25.1 Å². The van der Waals surface area contributed by atoms with Crippen LogP contribution in [0.15, 0.2) is 42.9 Å². The number of aliphatic hydroxyl groups excluding tert-OH is 2. The van der Waals surface area contributed by atoms with Crippen LogP contribution in [0.3, 0.4) is 0 Å². The Kier molecular flexibility index (Phi) is 6.35. The molecule has 4 heterocycles. The number of fused-ring (bicyclic) bond motifs is 1. The molecule has 3 aromatic heterocycles. The van der Waals surface area contributed by atoms with Crippen molar-refractivity contribution in [2.24, 2.45) is 12.5 Å². The van der Waals surface area contributed by atoms with Gasteiger partial charge in [-0.2, -0.15) is 10.1 Å². The molecule has 0 radical (unpaired) electrons. The molecule has 0 spiro atoms. The third kappa shape index (κ3) is 5.00. The maximum atomic E-state index is 13.0. The summed E-state index contributed by atoms with van der Waals surface area (Å²) >= 11 is 0. The Bertz CT molecular complexity index is 1460. The van der Waals surface area contributed by atoms with Crippen LogP contribution in [0.5, 0.6) is 0 Å². The molecule has 2 unspecified atom stereocenters. The molecule has 0 amide bonds. The number of ketones is 1. The number of Topliss-reactive ketones (excluding diaryl/α,β-unsaturated/α-hetero) is 1. The number of aromatic nitrogens is 5. The fourth-order valence-electron chi connectivity index (χ4n) is 4.71. The largest absolute Gasteiger partial charge is 0.389 e. The second-order valence-corrected chi connectivity index (χ2v) is 10.8. The second kappa shape index (κ2) is 9.37. The average molecular weight is 504 g/mol. The number of nitrogens with zero attached hydrogens (tertiary/aromatic N) is 6. The number of likely N-dealkylation sites (tertiary alicyclic amines) is 1. The highest BCUT2D eigenvalue weighted by molar-refractivity contribution is 6.11. The van der Waals surface area contributed by atoms with Crippen LogP contribution in [-0.4, -0.2) is 70.5 Å². The summed E-state index contributed by atoms with van der Waals surface area (Å²) < 4.78 is 3.68. The standard InChI is InChI=1S/C27H33N7O3/c1-16-17(11-33-14-22(35)23(36)15-33)12-34(31-16)24-8-9-28-26(30-24)29-18-6-7-21-19(10-18)20(13-32(21)5)25(37)27(2,3)4/h6-10,12-13,22-23,35-36H,11,14-15H2,1-5H3,(H,28,29,30). The molecule has 5 rings (SSSR count). The van der Waals surface area contributed by atoms with Crippen molar-refractivity contribution in [2.45, 2.75) is 46.4 Å². The first-order valence-corrected chi connectivity index (χ1v) is 12.4. The van der Waals surface area contributed by atoms with Gasteiger partial charge in [0.2, 0.25) is 5.95 Å². The molecule has 0 saturated carbocycles. The summed E-state index contributed by atoms with van der Waals surface area (Å²) in [6.45, 7) is 9.16. The van der Waals surface area contributed by atoms with E-state index in [1.54, 1.807) is 16.9 Å². The van der Waals surface area contributed by atoms with E-state index >= 15 is 0 Å². The van der Waals surface area contributed by atoms with Gasteiger partial charge in [-0.25, -0.2) is 9.67 Å². The van der Waals surface area contributed by atoms with E-state index in [2.05, 4.69) is 20.4 Å². The maximum Gasteiger partial charge on any atom is 0.229 e. The molecule has 1 aliphatic rings. The molecule has 1 fully saturated rings. The Hall–Kier alpha value is -3.60. The quantitative estimate of drug-likeness (QED) is 0.344. The monoisotopic (exact) mass is 503 g/mol. The van der Waals surface area contributed by atoms with Crippen molar-refractivity contribution >= 4 is 28.3 Å². The summed E-state index contributed by atoms with van der Waals surface area (Å²) in [7, 11) is 1.94. The van der Waals surface area contributed by atoms with E-state index in [9.17, 15) is 15.0 Å². The van der Waals surface area contributed by atoms with E-state index in [4.69, 9.17) is 0 Å². The predicted octanol–water partition coefficient (Wildman–Crippen LogP) is 2.97. The molecular weight excluding hydrogens is 470 g/mol. The van der Waals surface area contributed by atoms with Crippen LogP contribution in [0, 0.1) is 12.3 Å². The van der Waals surface area contributed by atoms with Gasteiger partial charge in [0.25, 0.3) is 0 Å². The normalized spacial score (nSPS) is 18.6. The molecule has 2 atom stereocenters.